The summed E-state index contributed by atoms with van der Waals surface area (Å²) in [5, 5.41) is 12.5. The fourth-order valence-corrected chi connectivity index (χ4v) is 4.07. The maximum Gasteiger partial charge on any atom is 0.303 e. The van der Waals surface area contributed by atoms with Gasteiger partial charge in [0.15, 0.2) is 5.82 Å². The van der Waals surface area contributed by atoms with Gasteiger partial charge in [0.25, 0.3) is 0 Å². The van der Waals surface area contributed by atoms with Crippen molar-refractivity contribution < 1.29 is 14.6 Å². The van der Waals surface area contributed by atoms with Gasteiger partial charge in [0.1, 0.15) is 0 Å². The number of methoxy groups -OCH3 is 1. The Morgan fingerprint density at radius 1 is 1.34 bits per heavy atom. The molecule has 2 rings (SSSR count). The number of allylic oxidation sites excluding steroid dienone is 1. The van der Waals surface area contributed by atoms with E-state index in [1.807, 2.05) is 26.1 Å². The van der Waals surface area contributed by atoms with Crippen LogP contribution in [0, 0.1) is 5.92 Å². The lowest BCUT2D eigenvalue weighted by Gasteiger charge is -2.39. The first-order chi connectivity index (χ1) is 13.7. The molecular weight excluding hydrogens is 366 g/mol. The monoisotopic (exact) mass is 403 g/mol. The summed E-state index contributed by atoms with van der Waals surface area (Å²) in [5.41, 5.74) is 2.66. The second kappa shape index (κ2) is 10.6. The van der Waals surface area contributed by atoms with Gasteiger partial charge in [-0.15, -0.1) is 0 Å². The zero-order chi connectivity index (χ0) is 21.6. The van der Waals surface area contributed by atoms with E-state index in [4.69, 9.17) is 14.8 Å². The molecule has 0 radical (unpaired) electrons. The Bertz CT molecular complexity index is 697. The van der Waals surface area contributed by atoms with Crippen molar-refractivity contribution in [3.63, 3.8) is 0 Å². The molecule has 0 amide bonds. The number of hydrogen-bond acceptors (Lipinski definition) is 5. The van der Waals surface area contributed by atoms with Crippen LogP contribution in [0.1, 0.15) is 71.3 Å². The summed E-state index contributed by atoms with van der Waals surface area (Å²) in [4.78, 5) is 18.4. The Kier molecular flexibility index (Phi) is 8.50. The van der Waals surface area contributed by atoms with Crippen molar-refractivity contribution in [2.45, 2.75) is 77.9 Å². The van der Waals surface area contributed by atoms with Gasteiger partial charge in [-0.25, -0.2) is 4.98 Å². The molecule has 1 aromatic rings. The molecule has 1 heterocycles. The summed E-state index contributed by atoms with van der Waals surface area (Å²) in [5.74, 6) is 0.525. The number of anilines is 2. The number of nitrogens with one attached hydrogen (secondary N) is 1. The topological polar surface area (TPSA) is 74.7 Å². The molecule has 1 aliphatic rings. The van der Waals surface area contributed by atoms with Gasteiger partial charge in [0.05, 0.1) is 18.2 Å². The van der Waals surface area contributed by atoms with Crippen LogP contribution < -0.4 is 10.2 Å². The van der Waals surface area contributed by atoms with Crippen LogP contribution in [0.25, 0.3) is 0 Å². The van der Waals surface area contributed by atoms with Crippen LogP contribution >= 0.6 is 0 Å². The largest absolute Gasteiger partial charge is 0.481 e. The lowest BCUT2D eigenvalue weighted by Crippen LogP contribution is -2.42. The summed E-state index contributed by atoms with van der Waals surface area (Å²) in [6.07, 6.45) is 6.56. The van der Waals surface area contributed by atoms with E-state index in [0.29, 0.717) is 18.1 Å². The van der Waals surface area contributed by atoms with Gasteiger partial charge < -0.3 is 20.1 Å². The van der Waals surface area contributed by atoms with Gasteiger partial charge >= 0.3 is 5.97 Å². The van der Waals surface area contributed by atoms with E-state index in [0.717, 1.165) is 55.0 Å². The van der Waals surface area contributed by atoms with E-state index in [1.165, 1.54) is 0 Å². The van der Waals surface area contributed by atoms with Gasteiger partial charge in [-0.1, -0.05) is 27.4 Å². The second-order valence-electron chi connectivity index (χ2n) is 8.76. The summed E-state index contributed by atoms with van der Waals surface area (Å²) in [6, 6.07) is 2.46. The molecule has 0 aromatic carbocycles. The molecule has 0 saturated heterocycles. The smallest absolute Gasteiger partial charge is 0.303 e. The van der Waals surface area contributed by atoms with Crippen LogP contribution in [0.3, 0.4) is 0 Å². The SMILES string of the molecule is C=C(C)Nc1cc(C(C)CC(=O)O)cnc1N(CC(C)C)C1CCC(OC)CC1. The van der Waals surface area contributed by atoms with Crippen molar-refractivity contribution in [2.24, 2.45) is 5.92 Å². The van der Waals surface area contributed by atoms with Crippen molar-refractivity contribution in [1.29, 1.82) is 0 Å². The molecule has 6 heteroatoms. The number of carbonyl (C=O) groups is 1. The van der Waals surface area contributed by atoms with Crippen LogP contribution in [0.4, 0.5) is 11.5 Å². The number of pyridine rings is 1. The van der Waals surface area contributed by atoms with Crippen molar-refractivity contribution in [2.75, 3.05) is 23.9 Å². The fraction of sp³-hybridized carbons (Fsp3) is 0.652. The van der Waals surface area contributed by atoms with Gasteiger partial charge in [0.2, 0.25) is 0 Å². The highest BCUT2D eigenvalue weighted by molar-refractivity contribution is 5.71. The van der Waals surface area contributed by atoms with Gasteiger partial charge in [0, 0.05) is 31.6 Å². The average Bonchev–Trinajstić information content (AvgIpc) is 2.65. The molecular formula is C23H37N3O3. The lowest BCUT2D eigenvalue weighted by molar-refractivity contribution is -0.137. The third kappa shape index (κ3) is 6.74. The molecule has 1 saturated carbocycles. The molecule has 2 N–H and O–H groups in total. The quantitative estimate of drug-likeness (QED) is 0.571. The molecule has 6 nitrogen and oxygen atoms in total. The van der Waals surface area contributed by atoms with E-state index in [-0.39, 0.29) is 12.3 Å². The number of carboxylic acids is 1. The Balaban J connectivity index is 2.37. The summed E-state index contributed by atoms with van der Waals surface area (Å²) in [7, 11) is 1.80. The first kappa shape index (κ1) is 23.2. The Morgan fingerprint density at radius 2 is 2.00 bits per heavy atom. The summed E-state index contributed by atoms with van der Waals surface area (Å²) in [6.45, 7) is 13.2. The van der Waals surface area contributed by atoms with Crippen LogP contribution in [-0.4, -0.2) is 41.9 Å². The second-order valence-corrected chi connectivity index (χ2v) is 8.76. The maximum absolute atomic E-state index is 11.1. The third-order valence-corrected chi connectivity index (χ3v) is 5.54. The standard InChI is InChI=1S/C23H37N3O3/c1-15(2)14-26(19-7-9-20(29-6)10-8-19)23-21(25-16(3)4)12-18(13-24-23)17(5)11-22(27)28/h12-13,15,17,19-20,25H,3,7-11,14H2,1-2,4-6H3,(H,27,28). The summed E-state index contributed by atoms with van der Waals surface area (Å²) < 4.78 is 5.55. The number of nitrogens with zero attached hydrogens (tertiary/aromatic N) is 2. The van der Waals surface area contributed by atoms with Gasteiger partial charge in [-0.3, -0.25) is 4.79 Å². The molecule has 29 heavy (non-hydrogen) atoms. The predicted molar refractivity (Wildman–Crippen MR) is 119 cm³/mol. The highest BCUT2D eigenvalue weighted by Gasteiger charge is 2.29. The highest BCUT2D eigenvalue weighted by Crippen LogP contribution is 2.35. The minimum absolute atomic E-state index is 0.0876. The van der Waals surface area contributed by atoms with Crippen molar-refractivity contribution in [3.8, 4) is 0 Å². The zero-order valence-electron chi connectivity index (χ0n) is 18.6. The van der Waals surface area contributed by atoms with Crippen LogP contribution in [0.5, 0.6) is 0 Å². The molecule has 1 aliphatic carbocycles. The van der Waals surface area contributed by atoms with Crippen molar-refractivity contribution in [1.82, 2.24) is 4.98 Å². The van der Waals surface area contributed by atoms with E-state index in [2.05, 4.69) is 30.6 Å². The predicted octanol–water partition coefficient (Wildman–Crippen LogP) is 5.03. The molecule has 1 unspecified atom stereocenters. The van der Waals surface area contributed by atoms with E-state index in [1.54, 1.807) is 7.11 Å². The average molecular weight is 404 g/mol. The van der Waals surface area contributed by atoms with E-state index in [9.17, 15) is 4.79 Å². The van der Waals surface area contributed by atoms with Crippen LogP contribution in [0.15, 0.2) is 24.5 Å². The highest BCUT2D eigenvalue weighted by atomic mass is 16.5. The van der Waals surface area contributed by atoms with Crippen LogP contribution in [-0.2, 0) is 9.53 Å². The number of hydrogen-bond donors (Lipinski definition) is 2. The van der Waals surface area contributed by atoms with Crippen LogP contribution in [0.2, 0.25) is 0 Å². The van der Waals surface area contributed by atoms with E-state index < -0.39 is 5.97 Å². The minimum atomic E-state index is -0.799. The first-order valence-corrected chi connectivity index (χ1v) is 10.6. The van der Waals surface area contributed by atoms with E-state index >= 15 is 0 Å². The Labute approximate surface area is 175 Å². The molecule has 0 aliphatic heterocycles. The summed E-state index contributed by atoms with van der Waals surface area (Å²) >= 11 is 0. The molecule has 1 fully saturated rings. The number of aromatic nitrogens is 1. The normalized spacial score (nSPS) is 20.3. The van der Waals surface area contributed by atoms with Gasteiger partial charge in [-0.2, -0.15) is 0 Å². The van der Waals surface area contributed by atoms with Crippen molar-refractivity contribution in [3.05, 3.63) is 30.1 Å². The number of carboxylic acid groups (broad SMARTS) is 1. The molecule has 0 spiro atoms. The van der Waals surface area contributed by atoms with Gasteiger partial charge in [-0.05, 0) is 56.1 Å². The fourth-order valence-electron chi connectivity index (χ4n) is 4.07. The van der Waals surface area contributed by atoms with Crippen molar-refractivity contribution >= 4 is 17.5 Å². The third-order valence-electron chi connectivity index (χ3n) is 5.54. The number of rotatable bonds is 10. The lowest BCUT2D eigenvalue weighted by atomic mass is 9.91. The zero-order valence-corrected chi connectivity index (χ0v) is 18.6. The maximum atomic E-state index is 11.1. The Morgan fingerprint density at radius 3 is 2.52 bits per heavy atom. The molecule has 1 aromatic heterocycles. The first-order valence-electron chi connectivity index (χ1n) is 10.6. The number of aliphatic carboxylic acids is 1. The Hall–Kier alpha value is -2.08. The molecule has 0 bridgehead atoms. The molecule has 1 atom stereocenters. The number of ether oxygens (including phenoxy) is 1. The molecule has 162 valence electrons. The minimum Gasteiger partial charge on any atom is -0.481 e.